The van der Waals surface area contributed by atoms with Crippen LogP contribution >= 0.6 is 0 Å². The SMILES string of the molecule is CCCN(CC1CN(C(C)C)CCO1)c1cccc(N)c1. The molecule has 4 heteroatoms. The van der Waals surface area contributed by atoms with E-state index in [0.29, 0.717) is 6.04 Å². The van der Waals surface area contributed by atoms with Crippen molar-refractivity contribution in [3.8, 4) is 0 Å². The molecule has 1 aliphatic heterocycles. The molecule has 1 unspecified atom stereocenters. The van der Waals surface area contributed by atoms with Crippen LogP contribution < -0.4 is 10.6 Å². The molecule has 0 aliphatic carbocycles. The molecule has 0 saturated carbocycles. The van der Waals surface area contributed by atoms with E-state index in [2.05, 4.69) is 42.7 Å². The minimum atomic E-state index is 0.272. The van der Waals surface area contributed by atoms with E-state index in [1.54, 1.807) is 0 Å². The lowest BCUT2D eigenvalue weighted by Gasteiger charge is -2.38. The summed E-state index contributed by atoms with van der Waals surface area (Å²) < 4.78 is 5.97. The van der Waals surface area contributed by atoms with Gasteiger partial charge in [0.15, 0.2) is 0 Å². The van der Waals surface area contributed by atoms with Crippen molar-refractivity contribution in [2.75, 3.05) is 43.4 Å². The van der Waals surface area contributed by atoms with Crippen LogP contribution in [0, 0.1) is 0 Å². The van der Waals surface area contributed by atoms with Gasteiger partial charge in [0.2, 0.25) is 0 Å². The summed E-state index contributed by atoms with van der Waals surface area (Å²) in [6.07, 6.45) is 1.39. The van der Waals surface area contributed by atoms with Crippen molar-refractivity contribution in [3.63, 3.8) is 0 Å². The van der Waals surface area contributed by atoms with Crippen molar-refractivity contribution in [2.45, 2.75) is 39.3 Å². The molecule has 0 bridgehead atoms. The highest BCUT2D eigenvalue weighted by Gasteiger charge is 2.24. The molecule has 0 amide bonds. The van der Waals surface area contributed by atoms with Gasteiger partial charge in [0.1, 0.15) is 0 Å². The molecule has 1 atom stereocenters. The molecule has 4 nitrogen and oxygen atoms in total. The molecule has 21 heavy (non-hydrogen) atoms. The third kappa shape index (κ3) is 4.61. The maximum absolute atomic E-state index is 5.97. The molecule has 1 fully saturated rings. The minimum Gasteiger partial charge on any atom is -0.399 e. The van der Waals surface area contributed by atoms with Crippen molar-refractivity contribution >= 4 is 11.4 Å². The Morgan fingerprint density at radius 2 is 2.24 bits per heavy atom. The summed E-state index contributed by atoms with van der Waals surface area (Å²) in [7, 11) is 0. The molecule has 1 aromatic carbocycles. The van der Waals surface area contributed by atoms with Crippen molar-refractivity contribution in [1.29, 1.82) is 0 Å². The van der Waals surface area contributed by atoms with E-state index in [4.69, 9.17) is 10.5 Å². The zero-order chi connectivity index (χ0) is 15.2. The van der Waals surface area contributed by atoms with Gasteiger partial charge in [-0.2, -0.15) is 0 Å². The molecule has 1 heterocycles. The number of nitrogen functional groups attached to an aromatic ring is 1. The van der Waals surface area contributed by atoms with Crippen LogP contribution in [0.2, 0.25) is 0 Å². The number of rotatable bonds is 6. The van der Waals surface area contributed by atoms with Gasteiger partial charge in [-0.1, -0.05) is 13.0 Å². The molecule has 0 spiro atoms. The highest BCUT2D eigenvalue weighted by molar-refractivity contribution is 5.56. The van der Waals surface area contributed by atoms with Crippen LogP contribution in [-0.4, -0.2) is 49.8 Å². The van der Waals surface area contributed by atoms with E-state index >= 15 is 0 Å². The Labute approximate surface area is 128 Å². The van der Waals surface area contributed by atoms with E-state index < -0.39 is 0 Å². The fourth-order valence-corrected chi connectivity index (χ4v) is 2.88. The summed E-state index contributed by atoms with van der Waals surface area (Å²) in [6.45, 7) is 11.6. The van der Waals surface area contributed by atoms with Crippen LogP contribution in [0.4, 0.5) is 11.4 Å². The minimum absolute atomic E-state index is 0.272. The summed E-state index contributed by atoms with van der Waals surface area (Å²) in [5.41, 5.74) is 7.94. The Hall–Kier alpha value is -1.26. The topological polar surface area (TPSA) is 41.7 Å². The Bertz CT molecular complexity index is 436. The largest absolute Gasteiger partial charge is 0.399 e. The van der Waals surface area contributed by atoms with Crippen LogP contribution in [0.1, 0.15) is 27.2 Å². The van der Waals surface area contributed by atoms with E-state index in [-0.39, 0.29) is 6.10 Å². The Balaban J connectivity index is 2.02. The van der Waals surface area contributed by atoms with E-state index in [1.807, 2.05) is 12.1 Å². The zero-order valence-electron chi connectivity index (χ0n) is 13.6. The first-order valence-electron chi connectivity index (χ1n) is 8.06. The monoisotopic (exact) mass is 291 g/mol. The fourth-order valence-electron chi connectivity index (χ4n) is 2.88. The average Bonchev–Trinajstić information content (AvgIpc) is 2.47. The molecule has 2 rings (SSSR count). The van der Waals surface area contributed by atoms with Crippen molar-refractivity contribution in [3.05, 3.63) is 24.3 Å². The van der Waals surface area contributed by atoms with E-state index in [0.717, 1.165) is 44.9 Å². The van der Waals surface area contributed by atoms with Gasteiger partial charge < -0.3 is 15.4 Å². The molecular weight excluding hydrogens is 262 g/mol. The first kappa shape index (κ1) is 16.1. The first-order valence-corrected chi connectivity index (χ1v) is 8.06. The van der Waals surface area contributed by atoms with E-state index in [9.17, 15) is 0 Å². The number of hydrogen-bond acceptors (Lipinski definition) is 4. The second-order valence-electron chi connectivity index (χ2n) is 6.12. The first-order chi connectivity index (χ1) is 10.1. The van der Waals surface area contributed by atoms with E-state index in [1.165, 1.54) is 5.69 Å². The Kier molecular flexibility index (Phi) is 5.88. The molecule has 1 saturated heterocycles. The smallest absolute Gasteiger partial charge is 0.0877 e. The normalized spacial score (nSPS) is 19.9. The van der Waals surface area contributed by atoms with Crippen molar-refractivity contribution < 1.29 is 4.74 Å². The van der Waals surface area contributed by atoms with Crippen molar-refractivity contribution in [1.82, 2.24) is 4.90 Å². The van der Waals surface area contributed by atoms with Gasteiger partial charge in [0, 0.05) is 43.6 Å². The predicted octanol–water partition coefficient (Wildman–Crippen LogP) is 2.59. The van der Waals surface area contributed by atoms with Crippen LogP contribution in [0.3, 0.4) is 0 Å². The quantitative estimate of drug-likeness (QED) is 0.818. The number of morpholine rings is 1. The lowest BCUT2D eigenvalue weighted by Crippen LogP contribution is -2.50. The van der Waals surface area contributed by atoms with Gasteiger partial charge in [0.05, 0.1) is 12.7 Å². The molecule has 1 aromatic rings. The number of nitrogens with two attached hydrogens (primary N) is 1. The van der Waals surface area contributed by atoms with Gasteiger partial charge in [-0.25, -0.2) is 0 Å². The third-order valence-corrected chi connectivity index (χ3v) is 4.05. The number of ether oxygens (including phenoxy) is 1. The standard InChI is InChI=1S/C17H29N3O/c1-4-8-20(16-7-5-6-15(18)11-16)13-17-12-19(14(2)3)9-10-21-17/h5-7,11,14,17H,4,8-10,12-13,18H2,1-3H3. The predicted molar refractivity (Wildman–Crippen MR) is 89.8 cm³/mol. The number of hydrogen-bond donors (Lipinski definition) is 1. The number of nitrogens with zero attached hydrogens (tertiary/aromatic N) is 2. The second-order valence-corrected chi connectivity index (χ2v) is 6.12. The Morgan fingerprint density at radius 3 is 2.90 bits per heavy atom. The van der Waals surface area contributed by atoms with Gasteiger partial charge in [-0.05, 0) is 38.5 Å². The second kappa shape index (κ2) is 7.66. The summed E-state index contributed by atoms with van der Waals surface area (Å²) >= 11 is 0. The van der Waals surface area contributed by atoms with Gasteiger partial charge >= 0.3 is 0 Å². The van der Waals surface area contributed by atoms with Gasteiger partial charge in [-0.15, -0.1) is 0 Å². The Morgan fingerprint density at radius 1 is 1.43 bits per heavy atom. The summed E-state index contributed by atoms with van der Waals surface area (Å²) in [5.74, 6) is 0. The molecular formula is C17H29N3O. The highest BCUT2D eigenvalue weighted by atomic mass is 16.5. The van der Waals surface area contributed by atoms with Crippen LogP contribution in [0.5, 0.6) is 0 Å². The lowest BCUT2D eigenvalue weighted by atomic mass is 10.2. The number of anilines is 2. The van der Waals surface area contributed by atoms with Crippen LogP contribution in [0.15, 0.2) is 24.3 Å². The summed E-state index contributed by atoms with van der Waals surface area (Å²) in [4.78, 5) is 4.89. The maximum Gasteiger partial charge on any atom is 0.0877 e. The fraction of sp³-hybridized carbons (Fsp3) is 0.647. The maximum atomic E-state index is 5.97. The molecule has 2 N–H and O–H groups in total. The zero-order valence-corrected chi connectivity index (χ0v) is 13.6. The molecule has 118 valence electrons. The number of benzene rings is 1. The lowest BCUT2D eigenvalue weighted by molar-refractivity contribution is -0.0342. The molecule has 0 radical (unpaired) electrons. The summed E-state index contributed by atoms with van der Waals surface area (Å²) in [5, 5.41) is 0. The van der Waals surface area contributed by atoms with Crippen molar-refractivity contribution in [2.24, 2.45) is 0 Å². The molecule has 1 aliphatic rings. The highest BCUT2D eigenvalue weighted by Crippen LogP contribution is 2.20. The average molecular weight is 291 g/mol. The van der Waals surface area contributed by atoms with Gasteiger partial charge in [0.25, 0.3) is 0 Å². The summed E-state index contributed by atoms with van der Waals surface area (Å²) in [6, 6.07) is 8.73. The van der Waals surface area contributed by atoms with Crippen LogP contribution in [0.25, 0.3) is 0 Å². The molecule has 0 aromatic heterocycles. The van der Waals surface area contributed by atoms with Gasteiger partial charge in [-0.3, -0.25) is 4.90 Å². The van der Waals surface area contributed by atoms with Crippen LogP contribution in [-0.2, 0) is 4.74 Å². The third-order valence-electron chi connectivity index (χ3n) is 4.05.